The van der Waals surface area contributed by atoms with Gasteiger partial charge in [0, 0.05) is 37.6 Å². The van der Waals surface area contributed by atoms with Gasteiger partial charge in [0.15, 0.2) is 0 Å². The van der Waals surface area contributed by atoms with Crippen molar-refractivity contribution in [2.75, 3.05) is 38.6 Å². The number of allylic oxidation sites excluding steroid dienone is 5. The van der Waals surface area contributed by atoms with Gasteiger partial charge >= 0.3 is 6.18 Å². The predicted molar refractivity (Wildman–Crippen MR) is 162 cm³/mol. The lowest BCUT2D eigenvalue weighted by molar-refractivity contribution is -0.143. The number of hydrogen-bond donors (Lipinski definition) is 0. The van der Waals surface area contributed by atoms with Crippen LogP contribution in [0.2, 0.25) is 0 Å². The van der Waals surface area contributed by atoms with Gasteiger partial charge in [0.05, 0.1) is 10.5 Å². The molecule has 1 heterocycles. The highest BCUT2D eigenvalue weighted by atomic mass is 35.5. The van der Waals surface area contributed by atoms with Crippen LogP contribution in [-0.2, 0) is 19.6 Å². The number of sulfonamides is 1. The van der Waals surface area contributed by atoms with E-state index in [1.54, 1.807) is 17.5 Å². The fourth-order valence-corrected chi connectivity index (χ4v) is 6.39. The maximum absolute atomic E-state index is 13.9. The largest absolute Gasteiger partial charge is 0.416 e. The van der Waals surface area contributed by atoms with Gasteiger partial charge < -0.3 is 9.80 Å². The van der Waals surface area contributed by atoms with Crippen molar-refractivity contribution < 1.29 is 31.2 Å². The van der Waals surface area contributed by atoms with Crippen LogP contribution in [0.1, 0.15) is 18.9 Å². The van der Waals surface area contributed by atoms with Crippen LogP contribution in [-0.4, -0.2) is 85.2 Å². The quantitative estimate of drug-likeness (QED) is 0.204. The first-order chi connectivity index (χ1) is 19.8. The van der Waals surface area contributed by atoms with Gasteiger partial charge in [0.25, 0.3) is 5.91 Å². The average Bonchev–Trinajstić information content (AvgIpc) is 2.95. The molecular formula is C29H35ClF3N3O4S2. The van der Waals surface area contributed by atoms with Gasteiger partial charge in [0.1, 0.15) is 11.9 Å². The average molecular weight is 646 g/mol. The molecule has 0 aromatic heterocycles. The standard InChI is InChI=1S/C29H35ClF3N3O4S2/c1-5-7-9-24(29(31,32)33)14-15-36(26(37)21-30)27(23(4)41-20-8-6-2)28(38)34-16-18-35(19-17-34)42(39,40)25-12-10-22(3)11-13-25/h5,7-14,20,27H,1,4,6,15-19,21H2,2-3H3/b9-7-,20-8-,24-14+. The Bertz CT molecular complexity index is 1320. The molecule has 1 aromatic rings. The molecule has 0 radical (unpaired) electrons. The summed E-state index contributed by atoms with van der Waals surface area (Å²) in [7, 11) is -3.80. The second-order valence-electron chi connectivity index (χ2n) is 9.24. The number of carbonyl (C=O) groups excluding carboxylic acids is 2. The number of benzene rings is 1. The number of carbonyl (C=O) groups is 2. The minimum absolute atomic E-state index is 0.00203. The Labute approximate surface area is 255 Å². The first-order valence-electron chi connectivity index (χ1n) is 13.1. The summed E-state index contributed by atoms with van der Waals surface area (Å²) in [5.74, 6) is -1.93. The van der Waals surface area contributed by atoms with E-state index >= 15 is 0 Å². The van der Waals surface area contributed by atoms with Crippen LogP contribution in [0.3, 0.4) is 0 Å². The van der Waals surface area contributed by atoms with Gasteiger partial charge in [-0.05, 0) is 30.9 Å². The SMILES string of the molecule is C=C/C=C\C(=C/CN(C(=O)CCl)C(C(=C)S/C=C\CC)C(=O)N1CCN(S(=O)(=O)c2ccc(C)cc2)CC1)C(F)(F)F. The van der Waals surface area contributed by atoms with Gasteiger partial charge in [-0.15, -0.1) is 23.4 Å². The van der Waals surface area contributed by atoms with Crippen molar-refractivity contribution in [2.24, 2.45) is 0 Å². The van der Waals surface area contributed by atoms with Crippen molar-refractivity contribution in [2.45, 2.75) is 37.4 Å². The molecule has 1 unspecified atom stereocenters. The van der Waals surface area contributed by atoms with Crippen LogP contribution >= 0.6 is 23.4 Å². The van der Waals surface area contributed by atoms with Crippen molar-refractivity contribution in [3.8, 4) is 0 Å². The summed E-state index contributed by atoms with van der Waals surface area (Å²) < 4.78 is 68.4. The van der Waals surface area contributed by atoms with Gasteiger partial charge in [-0.2, -0.15) is 17.5 Å². The van der Waals surface area contributed by atoms with Crippen LogP contribution < -0.4 is 0 Å². The zero-order valence-electron chi connectivity index (χ0n) is 23.5. The van der Waals surface area contributed by atoms with Gasteiger partial charge in [-0.1, -0.05) is 68.2 Å². The Kier molecular flexibility index (Phi) is 13.6. The summed E-state index contributed by atoms with van der Waals surface area (Å²) in [6, 6.07) is 5.08. The molecule has 1 fully saturated rings. The molecule has 42 heavy (non-hydrogen) atoms. The zero-order chi connectivity index (χ0) is 31.5. The number of halogens is 4. The molecule has 0 spiro atoms. The highest BCUT2D eigenvalue weighted by Crippen LogP contribution is 2.29. The van der Waals surface area contributed by atoms with Crippen LogP contribution in [0.5, 0.6) is 0 Å². The monoisotopic (exact) mass is 645 g/mol. The van der Waals surface area contributed by atoms with E-state index in [4.69, 9.17) is 11.6 Å². The second-order valence-corrected chi connectivity index (χ2v) is 12.5. The molecule has 1 atom stereocenters. The first-order valence-corrected chi connectivity index (χ1v) is 15.9. The third kappa shape index (κ3) is 9.62. The summed E-state index contributed by atoms with van der Waals surface area (Å²) in [6.07, 6.45) is 1.69. The van der Waals surface area contributed by atoms with E-state index in [0.29, 0.717) is 6.42 Å². The topological polar surface area (TPSA) is 78.0 Å². The van der Waals surface area contributed by atoms with Crippen LogP contribution in [0.25, 0.3) is 0 Å². The Morgan fingerprint density at radius 3 is 2.31 bits per heavy atom. The van der Waals surface area contributed by atoms with Crippen LogP contribution in [0.4, 0.5) is 13.2 Å². The number of amides is 2. The summed E-state index contributed by atoms with van der Waals surface area (Å²) in [6.45, 7) is 10.5. The molecule has 1 saturated heterocycles. The van der Waals surface area contributed by atoms with E-state index in [-0.39, 0.29) is 36.0 Å². The van der Waals surface area contributed by atoms with Crippen molar-refractivity contribution >= 4 is 45.2 Å². The predicted octanol–water partition coefficient (Wildman–Crippen LogP) is 5.67. The number of nitrogens with zero attached hydrogens (tertiary/aromatic N) is 3. The number of aryl methyl sites for hydroxylation is 1. The van der Waals surface area contributed by atoms with Gasteiger partial charge in [0.2, 0.25) is 15.9 Å². The maximum Gasteiger partial charge on any atom is 0.416 e. The third-order valence-corrected chi connectivity index (χ3v) is 9.29. The molecule has 13 heteroatoms. The molecule has 1 aliphatic rings. The minimum atomic E-state index is -4.72. The zero-order valence-corrected chi connectivity index (χ0v) is 25.9. The number of piperazine rings is 1. The molecule has 2 amide bonds. The maximum atomic E-state index is 13.9. The molecule has 1 aliphatic heterocycles. The van der Waals surface area contributed by atoms with E-state index < -0.39 is 52.1 Å². The number of rotatable bonds is 13. The van der Waals surface area contributed by atoms with E-state index in [0.717, 1.165) is 40.5 Å². The van der Waals surface area contributed by atoms with E-state index in [9.17, 15) is 31.2 Å². The van der Waals surface area contributed by atoms with Gasteiger partial charge in [-0.25, -0.2) is 8.42 Å². The smallest absolute Gasteiger partial charge is 0.338 e. The van der Waals surface area contributed by atoms with Crippen molar-refractivity contribution in [1.82, 2.24) is 14.1 Å². The molecule has 1 aromatic carbocycles. The van der Waals surface area contributed by atoms with E-state index in [1.807, 2.05) is 19.9 Å². The highest BCUT2D eigenvalue weighted by Gasteiger charge is 2.38. The molecule has 0 bridgehead atoms. The minimum Gasteiger partial charge on any atom is -0.338 e. The Balaban J connectivity index is 2.38. The van der Waals surface area contributed by atoms with Crippen molar-refractivity contribution in [3.63, 3.8) is 0 Å². The lowest BCUT2D eigenvalue weighted by Crippen LogP contribution is -2.57. The molecule has 0 aliphatic carbocycles. The number of hydrogen-bond acceptors (Lipinski definition) is 5. The van der Waals surface area contributed by atoms with E-state index in [2.05, 4.69) is 13.2 Å². The van der Waals surface area contributed by atoms with Crippen molar-refractivity contribution in [1.29, 1.82) is 0 Å². The molecule has 0 saturated carbocycles. The van der Waals surface area contributed by atoms with Gasteiger partial charge in [-0.3, -0.25) is 9.59 Å². The van der Waals surface area contributed by atoms with Crippen LogP contribution in [0.15, 0.2) is 88.6 Å². The third-order valence-electron chi connectivity index (χ3n) is 6.29. The Morgan fingerprint density at radius 1 is 1.17 bits per heavy atom. The number of thioether (sulfide) groups is 1. The summed E-state index contributed by atoms with van der Waals surface area (Å²) >= 11 is 6.91. The molecule has 7 nitrogen and oxygen atoms in total. The molecule has 0 N–H and O–H groups in total. The fourth-order valence-electron chi connectivity index (χ4n) is 4.00. The summed E-state index contributed by atoms with van der Waals surface area (Å²) in [5, 5.41) is 1.68. The molecule has 2 rings (SSSR count). The second kappa shape index (κ2) is 16.2. The van der Waals surface area contributed by atoms with E-state index in [1.165, 1.54) is 27.4 Å². The lowest BCUT2D eigenvalue weighted by atomic mass is 10.1. The molecular weight excluding hydrogens is 611 g/mol. The lowest BCUT2D eigenvalue weighted by Gasteiger charge is -2.38. The first kappa shape index (κ1) is 35.4. The highest BCUT2D eigenvalue weighted by molar-refractivity contribution is 8.05. The molecule has 230 valence electrons. The Hall–Kier alpha value is -2.80. The summed E-state index contributed by atoms with van der Waals surface area (Å²) in [5.41, 5.74) is -0.118. The normalized spacial score (nSPS) is 16.1. The van der Waals surface area contributed by atoms with Crippen LogP contribution in [0, 0.1) is 6.92 Å². The number of alkyl halides is 4. The van der Waals surface area contributed by atoms with Crippen molar-refractivity contribution in [3.05, 3.63) is 89.3 Å². The Morgan fingerprint density at radius 2 is 1.79 bits per heavy atom. The fraction of sp³-hybridized carbons (Fsp3) is 0.379. The summed E-state index contributed by atoms with van der Waals surface area (Å²) in [4.78, 5) is 29.5.